The lowest BCUT2D eigenvalue weighted by molar-refractivity contribution is -0.139. The Balaban J connectivity index is 2.28. The molecule has 1 N–H and O–H groups in total. The van der Waals surface area contributed by atoms with Gasteiger partial charge in [-0.25, -0.2) is 17.6 Å². The van der Waals surface area contributed by atoms with Crippen LogP contribution in [0, 0.1) is 5.82 Å². The van der Waals surface area contributed by atoms with Gasteiger partial charge in [0.05, 0.1) is 36.1 Å². The van der Waals surface area contributed by atoms with Gasteiger partial charge in [-0.15, -0.1) is 0 Å². The highest BCUT2D eigenvalue weighted by Gasteiger charge is 2.36. The van der Waals surface area contributed by atoms with Gasteiger partial charge >= 0.3 is 5.97 Å². The first kappa shape index (κ1) is 17.7. The number of rotatable bonds is 5. The number of ether oxygens (including phenoxy) is 2. The molecule has 0 aliphatic carbocycles. The van der Waals surface area contributed by atoms with E-state index in [0.717, 1.165) is 12.1 Å². The number of anilines is 1. The zero-order valence-corrected chi connectivity index (χ0v) is 13.8. The van der Waals surface area contributed by atoms with Crippen LogP contribution in [0.3, 0.4) is 0 Å². The van der Waals surface area contributed by atoms with Gasteiger partial charge in [-0.05, 0) is 31.2 Å². The Kier molecular flexibility index (Phi) is 5.61. The zero-order chi connectivity index (χ0) is 17.0. The van der Waals surface area contributed by atoms with Crippen LogP contribution in [-0.4, -0.2) is 39.5 Å². The Morgan fingerprint density at radius 3 is 2.91 bits per heavy atom. The van der Waals surface area contributed by atoms with E-state index in [4.69, 9.17) is 21.1 Å². The van der Waals surface area contributed by atoms with Crippen molar-refractivity contribution in [1.82, 2.24) is 0 Å². The molecule has 9 heteroatoms. The highest BCUT2D eigenvalue weighted by molar-refractivity contribution is 7.93. The minimum Gasteiger partial charge on any atom is -0.463 e. The average molecular weight is 364 g/mol. The molecule has 0 spiro atoms. The highest BCUT2D eigenvalue weighted by Crippen LogP contribution is 2.26. The number of benzene rings is 1. The summed E-state index contributed by atoms with van der Waals surface area (Å²) in [5.41, 5.74) is 0.0192. The molecule has 23 heavy (non-hydrogen) atoms. The zero-order valence-electron chi connectivity index (χ0n) is 12.2. The predicted octanol–water partition coefficient (Wildman–Crippen LogP) is 2.11. The number of nitrogens with one attached hydrogen (secondary N) is 1. The maximum Gasteiger partial charge on any atom is 0.335 e. The topological polar surface area (TPSA) is 81.7 Å². The number of hydrogen-bond donors (Lipinski definition) is 1. The fourth-order valence-electron chi connectivity index (χ4n) is 2.03. The first-order valence-corrected chi connectivity index (χ1v) is 8.69. The first-order valence-electron chi connectivity index (χ1n) is 6.76. The van der Waals surface area contributed by atoms with Gasteiger partial charge in [0, 0.05) is 0 Å². The van der Waals surface area contributed by atoms with Gasteiger partial charge < -0.3 is 9.47 Å². The molecule has 0 amide bonds. The maximum atomic E-state index is 13.0. The molecule has 0 aromatic heterocycles. The molecule has 6 nitrogen and oxygen atoms in total. The van der Waals surface area contributed by atoms with Crippen molar-refractivity contribution in [3.63, 3.8) is 0 Å². The van der Waals surface area contributed by atoms with Crippen molar-refractivity contribution in [2.45, 2.75) is 12.2 Å². The molecule has 0 unspecified atom stereocenters. The molecule has 1 aromatic rings. The van der Waals surface area contributed by atoms with Crippen molar-refractivity contribution in [3.05, 3.63) is 40.7 Å². The molecule has 126 valence electrons. The van der Waals surface area contributed by atoms with Gasteiger partial charge in [0.1, 0.15) is 11.1 Å². The fraction of sp³-hybridized carbons (Fsp3) is 0.357. The SMILES string of the molecule is CCOC(=O)C1=CCOC[C@@H]1S(=O)(=O)Nc1ccc(F)cc1Cl. The summed E-state index contributed by atoms with van der Waals surface area (Å²) in [4.78, 5) is 11.9. The monoisotopic (exact) mass is 363 g/mol. The van der Waals surface area contributed by atoms with Crippen molar-refractivity contribution >= 4 is 33.3 Å². The van der Waals surface area contributed by atoms with Crippen LogP contribution in [0.1, 0.15) is 6.92 Å². The van der Waals surface area contributed by atoms with E-state index in [0.29, 0.717) is 0 Å². The van der Waals surface area contributed by atoms with Crippen LogP contribution in [0.15, 0.2) is 29.8 Å². The molecular weight excluding hydrogens is 349 g/mol. The number of carbonyl (C=O) groups excluding carboxylic acids is 1. The van der Waals surface area contributed by atoms with E-state index < -0.39 is 27.1 Å². The summed E-state index contributed by atoms with van der Waals surface area (Å²) < 4.78 is 50.3. The Hall–Kier alpha value is -1.64. The predicted molar refractivity (Wildman–Crippen MR) is 83.3 cm³/mol. The molecule has 2 rings (SSSR count). The van der Waals surface area contributed by atoms with Gasteiger partial charge in [0.25, 0.3) is 0 Å². The van der Waals surface area contributed by atoms with Gasteiger partial charge in [0.2, 0.25) is 10.0 Å². The number of hydrogen-bond acceptors (Lipinski definition) is 5. The second-order valence-electron chi connectivity index (χ2n) is 4.68. The lowest BCUT2D eigenvalue weighted by atomic mass is 10.1. The lowest BCUT2D eigenvalue weighted by Crippen LogP contribution is -2.39. The average Bonchev–Trinajstić information content (AvgIpc) is 2.50. The minimum atomic E-state index is -4.04. The second-order valence-corrected chi connectivity index (χ2v) is 6.95. The normalized spacial score (nSPS) is 18.2. The molecule has 0 saturated carbocycles. The van der Waals surface area contributed by atoms with E-state index >= 15 is 0 Å². The summed E-state index contributed by atoms with van der Waals surface area (Å²) in [5, 5.41) is -1.33. The molecular formula is C14H15ClFNO5S. The van der Waals surface area contributed by atoms with Gasteiger partial charge in [-0.2, -0.15) is 0 Å². The van der Waals surface area contributed by atoms with E-state index in [1.54, 1.807) is 6.92 Å². The van der Waals surface area contributed by atoms with Crippen LogP contribution >= 0.6 is 11.6 Å². The summed E-state index contributed by atoms with van der Waals surface area (Å²) in [6.07, 6.45) is 1.37. The van der Waals surface area contributed by atoms with Crippen LogP contribution < -0.4 is 4.72 Å². The molecule has 0 saturated heterocycles. The third kappa shape index (κ3) is 4.21. The Morgan fingerprint density at radius 1 is 1.52 bits per heavy atom. The van der Waals surface area contributed by atoms with E-state index in [2.05, 4.69) is 4.72 Å². The van der Waals surface area contributed by atoms with E-state index in [9.17, 15) is 17.6 Å². The molecule has 0 fully saturated rings. The van der Waals surface area contributed by atoms with Crippen molar-refractivity contribution in [2.24, 2.45) is 0 Å². The van der Waals surface area contributed by atoms with Crippen LogP contribution in [0.2, 0.25) is 5.02 Å². The smallest absolute Gasteiger partial charge is 0.335 e. The lowest BCUT2D eigenvalue weighted by Gasteiger charge is -2.24. The molecule has 1 aliphatic rings. The van der Waals surface area contributed by atoms with Gasteiger partial charge in [-0.3, -0.25) is 4.72 Å². The quantitative estimate of drug-likeness (QED) is 0.810. The maximum absolute atomic E-state index is 13.0. The molecule has 1 aliphatic heterocycles. The molecule has 1 atom stereocenters. The molecule has 1 aromatic carbocycles. The number of halogens is 2. The van der Waals surface area contributed by atoms with E-state index in [1.807, 2.05) is 0 Å². The van der Waals surface area contributed by atoms with Crippen LogP contribution in [-0.2, 0) is 24.3 Å². The van der Waals surface area contributed by atoms with E-state index in [-0.39, 0.29) is 36.1 Å². The fourth-order valence-corrected chi connectivity index (χ4v) is 3.73. The number of sulfonamides is 1. The van der Waals surface area contributed by atoms with Crippen molar-refractivity contribution < 1.29 is 27.1 Å². The number of esters is 1. The third-order valence-electron chi connectivity index (χ3n) is 3.11. The minimum absolute atomic E-state index is 0.00355. The van der Waals surface area contributed by atoms with Gasteiger partial charge in [-0.1, -0.05) is 11.6 Å². The Bertz CT molecular complexity index is 735. The van der Waals surface area contributed by atoms with Crippen LogP contribution in [0.25, 0.3) is 0 Å². The van der Waals surface area contributed by atoms with Crippen molar-refractivity contribution in [1.29, 1.82) is 0 Å². The Labute approximate surface area is 138 Å². The first-order chi connectivity index (χ1) is 10.8. The molecule has 1 heterocycles. The third-order valence-corrected chi connectivity index (χ3v) is 5.06. The second kappa shape index (κ2) is 7.29. The van der Waals surface area contributed by atoms with Gasteiger partial charge in [0.15, 0.2) is 0 Å². The summed E-state index contributed by atoms with van der Waals surface area (Å²) >= 11 is 5.82. The number of carbonyl (C=O) groups is 1. The highest BCUT2D eigenvalue weighted by atomic mass is 35.5. The van der Waals surface area contributed by atoms with Crippen LogP contribution in [0.4, 0.5) is 10.1 Å². The van der Waals surface area contributed by atoms with E-state index in [1.165, 1.54) is 12.1 Å². The molecule has 0 bridgehead atoms. The summed E-state index contributed by atoms with van der Waals surface area (Å²) in [6.45, 7) is 1.68. The largest absolute Gasteiger partial charge is 0.463 e. The van der Waals surface area contributed by atoms with Crippen molar-refractivity contribution in [2.75, 3.05) is 24.5 Å². The van der Waals surface area contributed by atoms with Crippen molar-refractivity contribution in [3.8, 4) is 0 Å². The summed E-state index contributed by atoms with van der Waals surface area (Å²) in [5.74, 6) is -1.30. The Morgan fingerprint density at radius 2 is 2.26 bits per heavy atom. The molecule has 0 radical (unpaired) electrons. The van der Waals surface area contributed by atoms with Crippen LogP contribution in [0.5, 0.6) is 0 Å². The standard InChI is InChI=1S/C14H15ClFNO5S/c1-2-22-14(18)10-5-6-21-8-13(10)23(19,20)17-12-4-3-9(16)7-11(12)15/h3-5,7,13,17H,2,6,8H2,1H3/t13-/m0/s1. The summed E-state index contributed by atoms with van der Waals surface area (Å²) in [6, 6.07) is 3.26. The summed E-state index contributed by atoms with van der Waals surface area (Å²) in [7, 11) is -4.04.